The van der Waals surface area contributed by atoms with Crippen LogP contribution in [0.5, 0.6) is 0 Å². The molecule has 1 aromatic carbocycles. The summed E-state index contributed by atoms with van der Waals surface area (Å²) in [4.78, 5) is 2.51. The molecule has 0 bridgehead atoms. The first-order valence-corrected chi connectivity index (χ1v) is 7.30. The topological polar surface area (TPSA) is 49.5 Å². The van der Waals surface area contributed by atoms with Crippen LogP contribution < -0.4 is 5.73 Å². The Labute approximate surface area is 116 Å². The van der Waals surface area contributed by atoms with Crippen LogP contribution in [0, 0.1) is 0 Å². The molecule has 1 heterocycles. The molecule has 0 radical (unpaired) electrons. The van der Waals surface area contributed by atoms with Crippen LogP contribution in [-0.2, 0) is 13.0 Å². The minimum Gasteiger partial charge on any atom is -0.394 e. The molecule has 0 amide bonds. The largest absolute Gasteiger partial charge is 0.394 e. The summed E-state index contributed by atoms with van der Waals surface area (Å²) in [5.74, 6) is 0. The maximum atomic E-state index is 9.17. The van der Waals surface area contributed by atoms with E-state index in [0.717, 1.165) is 32.5 Å². The number of hydrogen-bond donors (Lipinski definition) is 2. The summed E-state index contributed by atoms with van der Waals surface area (Å²) in [6.07, 6.45) is 4.35. The third-order valence-corrected chi connectivity index (χ3v) is 4.02. The van der Waals surface area contributed by atoms with E-state index in [4.69, 9.17) is 10.8 Å². The Balaban J connectivity index is 1.86. The number of fused-ring (bicyclic) bond motifs is 1. The molecule has 3 nitrogen and oxygen atoms in total. The van der Waals surface area contributed by atoms with Crippen LogP contribution in [0.4, 0.5) is 0 Å². The number of aryl methyl sites for hydroxylation is 1. The van der Waals surface area contributed by atoms with Crippen molar-refractivity contribution in [2.45, 2.75) is 44.7 Å². The van der Waals surface area contributed by atoms with Crippen molar-refractivity contribution in [3.63, 3.8) is 0 Å². The van der Waals surface area contributed by atoms with Gasteiger partial charge in [-0.1, -0.05) is 24.3 Å². The molecule has 0 aliphatic carbocycles. The lowest BCUT2D eigenvalue weighted by molar-refractivity contribution is 0.186. The minimum absolute atomic E-state index is 0.0653. The van der Waals surface area contributed by atoms with Crippen molar-refractivity contribution in [3.05, 3.63) is 35.4 Å². The molecule has 1 aliphatic rings. The van der Waals surface area contributed by atoms with Crippen LogP contribution in [0.25, 0.3) is 0 Å². The molecule has 0 saturated carbocycles. The molecule has 2 rings (SSSR count). The minimum atomic E-state index is -0.427. The van der Waals surface area contributed by atoms with Crippen molar-refractivity contribution in [2.75, 3.05) is 19.7 Å². The van der Waals surface area contributed by atoms with Gasteiger partial charge in [-0.3, -0.25) is 4.90 Å². The summed E-state index contributed by atoms with van der Waals surface area (Å²) < 4.78 is 0. The molecule has 1 unspecified atom stereocenters. The molecule has 1 aromatic rings. The van der Waals surface area contributed by atoms with Gasteiger partial charge < -0.3 is 10.8 Å². The second-order valence-electron chi connectivity index (χ2n) is 6.06. The summed E-state index contributed by atoms with van der Waals surface area (Å²) >= 11 is 0. The van der Waals surface area contributed by atoms with Crippen molar-refractivity contribution in [1.82, 2.24) is 4.90 Å². The van der Waals surface area contributed by atoms with Gasteiger partial charge in [0.15, 0.2) is 0 Å². The van der Waals surface area contributed by atoms with E-state index in [1.807, 2.05) is 6.92 Å². The normalized spacial score (nSPS) is 19.5. The lowest BCUT2D eigenvalue weighted by Crippen LogP contribution is -2.40. The molecule has 0 spiro atoms. The van der Waals surface area contributed by atoms with Gasteiger partial charge in [0.2, 0.25) is 0 Å². The Kier molecular flexibility index (Phi) is 4.97. The lowest BCUT2D eigenvalue weighted by atomic mass is 9.98. The van der Waals surface area contributed by atoms with Crippen molar-refractivity contribution in [3.8, 4) is 0 Å². The van der Waals surface area contributed by atoms with Crippen LogP contribution in [0.3, 0.4) is 0 Å². The number of nitrogens with two attached hydrogens (primary N) is 1. The molecule has 1 atom stereocenters. The van der Waals surface area contributed by atoms with Crippen molar-refractivity contribution >= 4 is 0 Å². The summed E-state index contributed by atoms with van der Waals surface area (Å²) in [5.41, 5.74) is 8.52. The van der Waals surface area contributed by atoms with E-state index in [1.54, 1.807) is 0 Å². The average Bonchev–Trinajstić information content (AvgIpc) is 2.60. The molecular weight excluding hydrogens is 236 g/mol. The van der Waals surface area contributed by atoms with E-state index in [0.29, 0.717) is 0 Å². The van der Waals surface area contributed by atoms with Gasteiger partial charge in [-0.25, -0.2) is 0 Å². The lowest BCUT2D eigenvalue weighted by Gasteiger charge is -2.25. The van der Waals surface area contributed by atoms with E-state index >= 15 is 0 Å². The summed E-state index contributed by atoms with van der Waals surface area (Å²) in [5, 5.41) is 9.17. The first kappa shape index (κ1) is 14.5. The van der Waals surface area contributed by atoms with Gasteiger partial charge in [-0.2, -0.15) is 0 Å². The fourth-order valence-electron chi connectivity index (χ4n) is 2.75. The number of hydrogen-bond acceptors (Lipinski definition) is 3. The van der Waals surface area contributed by atoms with Crippen LogP contribution in [-0.4, -0.2) is 35.2 Å². The third-order valence-electron chi connectivity index (χ3n) is 4.02. The van der Waals surface area contributed by atoms with Crippen molar-refractivity contribution < 1.29 is 5.11 Å². The quantitative estimate of drug-likeness (QED) is 0.852. The molecule has 19 heavy (non-hydrogen) atoms. The fraction of sp³-hybridized carbons (Fsp3) is 0.625. The standard InChI is InChI=1S/C16H26N2O/c1-16(17,13-19)9-5-11-18-10-4-8-14-6-2-3-7-15(14)12-18/h2-3,6-7,19H,4-5,8-13,17H2,1H3. The molecule has 1 aliphatic heterocycles. The fourth-order valence-corrected chi connectivity index (χ4v) is 2.75. The first-order valence-electron chi connectivity index (χ1n) is 7.30. The summed E-state index contributed by atoms with van der Waals surface area (Å²) in [7, 11) is 0. The van der Waals surface area contributed by atoms with Crippen LogP contribution in [0.15, 0.2) is 24.3 Å². The van der Waals surface area contributed by atoms with Crippen molar-refractivity contribution in [1.29, 1.82) is 0 Å². The highest BCUT2D eigenvalue weighted by atomic mass is 16.3. The Bertz CT molecular complexity index is 403. The summed E-state index contributed by atoms with van der Waals surface area (Å²) in [6.45, 7) is 5.27. The van der Waals surface area contributed by atoms with Crippen LogP contribution in [0.1, 0.15) is 37.3 Å². The maximum absolute atomic E-state index is 9.17. The van der Waals surface area contributed by atoms with E-state index in [9.17, 15) is 0 Å². The Hall–Kier alpha value is -0.900. The van der Waals surface area contributed by atoms with Gasteiger partial charge in [-0.05, 0) is 56.8 Å². The second kappa shape index (κ2) is 6.51. The second-order valence-corrected chi connectivity index (χ2v) is 6.06. The highest BCUT2D eigenvalue weighted by molar-refractivity contribution is 5.27. The monoisotopic (exact) mass is 262 g/mol. The molecule has 3 heteroatoms. The Morgan fingerprint density at radius 2 is 2.05 bits per heavy atom. The van der Waals surface area contributed by atoms with Crippen LogP contribution >= 0.6 is 0 Å². The molecule has 3 N–H and O–H groups in total. The van der Waals surface area contributed by atoms with E-state index < -0.39 is 5.54 Å². The predicted octanol–water partition coefficient (Wildman–Crippen LogP) is 1.92. The SMILES string of the molecule is CC(N)(CO)CCCN1CCCc2ccccc2C1. The number of nitrogens with zero attached hydrogens (tertiary/aromatic N) is 1. The molecule has 0 saturated heterocycles. The summed E-state index contributed by atoms with van der Waals surface area (Å²) in [6, 6.07) is 8.76. The highest BCUT2D eigenvalue weighted by Gasteiger charge is 2.18. The zero-order valence-electron chi connectivity index (χ0n) is 11.9. The van der Waals surface area contributed by atoms with Gasteiger partial charge in [0, 0.05) is 12.1 Å². The molecule has 0 aromatic heterocycles. The third kappa shape index (κ3) is 4.30. The Morgan fingerprint density at radius 1 is 1.32 bits per heavy atom. The molecule has 0 fully saturated rings. The molecule has 106 valence electrons. The number of rotatable bonds is 5. The van der Waals surface area contributed by atoms with E-state index in [1.165, 1.54) is 24.0 Å². The highest BCUT2D eigenvalue weighted by Crippen LogP contribution is 2.19. The Morgan fingerprint density at radius 3 is 2.79 bits per heavy atom. The van der Waals surface area contributed by atoms with Gasteiger partial charge in [0.1, 0.15) is 0 Å². The van der Waals surface area contributed by atoms with E-state index in [-0.39, 0.29) is 6.61 Å². The number of aliphatic hydroxyl groups is 1. The molecular formula is C16H26N2O. The zero-order chi connectivity index (χ0) is 13.7. The maximum Gasteiger partial charge on any atom is 0.0608 e. The van der Waals surface area contributed by atoms with E-state index in [2.05, 4.69) is 29.2 Å². The van der Waals surface area contributed by atoms with Gasteiger partial charge in [0.25, 0.3) is 0 Å². The number of aliphatic hydroxyl groups excluding tert-OH is 1. The zero-order valence-corrected chi connectivity index (χ0v) is 11.9. The van der Waals surface area contributed by atoms with Crippen molar-refractivity contribution in [2.24, 2.45) is 5.73 Å². The van der Waals surface area contributed by atoms with Crippen LogP contribution in [0.2, 0.25) is 0 Å². The smallest absolute Gasteiger partial charge is 0.0608 e. The first-order chi connectivity index (χ1) is 9.11. The van der Waals surface area contributed by atoms with Gasteiger partial charge in [0.05, 0.1) is 6.61 Å². The van der Waals surface area contributed by atoms with Gasteiger partial charge >= 0.3 is 0 Å². The van der Waals surface area contributed by atoms with Gasteiger partial charge in [-0.15, -0.1) is 0 Å². The average molecular weight is 262 g/mol. The predicted molar refractivity (Wildman–Crippen MR) is 79.0 cm³/mol. The number of benzene rings is 1.